The highest BCUT2D eigenvalue weighted by Gasteiger charge is 2.26. The summed E-state index contributed by atoms with van der Waals surface area (Å²) >= 11 is 1.41. The van der Waals surface area contributed by atoms with Gasteiger partial charge in [-0.3, -0.25) is 10.1 Å². The second kappa shape index (κ2) is 11.3. The van der Waals surface area contributed by atoms with Crippen molar-refractivity contribution < 1.29 is 18.1 Å². The molecule has 0 amide bonds. The van der Waals surface area contributed by atoms with E-state index in [1.807, 2.05) is 5.38 Å². The lowest BCUT2D eigenvalue weighted by Gasteiger charge is -2.26. The molecule has 0 unspecified atom stereocenters. The number of nitrogens with zero attached hydrogens (tertiary/aromatic N) is 5. The summed E-state index contributed by atoms with van der Waals surface area (Å²) in [7, 11) is -3.59. The number of morpholine rings is 1. The fourth-order valence-corrected chi connectivity index (χ4v) is 6.76. The number of non-ortho nitro benzene ring substituents is 1. The molecule has 1 aliphatic carbocycles. The number of rotatable bonds is 6. The Bertz CT molecular complexity index is 1490. The molecule has 1 saturated carbocycles. The zero-order valence-electron chi connectivity index (χ0n) is 21.0. The molecule has 3 aromatic rings. The quantitative estimate of drug-likeness (QED) is 0.320. The van der Waals surface area contributed by atoms with E-state index in [9.17, 15) is 18.5 Å². The van der Waals surface area contributed by atoms with Gasteiger partial charge in [0.15, 0.2) is 0 Å². The standard InChI is InChI=1S/C26H29N5O5S2/c1-19-2-6-22(7-3-19)28-30-25(20-4-10-23(11-5-20)31(32)33)18-37-26(30)27-21-8-12-24(13-9-21)38(34,35)29-14-16-36-17-15-29/h4-5,8-13,18-19H,2-3,6-7,14-17H2,1H3. The summed E-state index contributed by atoms with van der Waals surface area (Å²) < 4.78 is 34.4. The second-order valence-electron chi connectivity index (χ2n) is 9.49. The third kappa shape index (κ3) is 5.78. The van der Waals surface area contributed by atoms with Crippen LogP contribution in [0.15, 0.2) is 68.9 Å². The molecule has 1 aromatic heterocycles. The second-order valence-corrected chi connectivity index (χ2v) is 12.3. The fourth-order valence-electron chi connectivity index (χ4n) is 4.50. The number of thiazole rings is 1. The van der Waals surface area contributed by atoms with E-state index in [-0.39, 0.29) is 10.6 Å². The number of ether oxygens (including phenoxy) is 1. The molecule has 0 atom stereocenters. The van der Waals surface area contributed by atoms with Crippen molar-refractivity contribution in [2.75, 3.05) is 26.3 Å². The van der Waals surface area contributed by atoms with Gasteiger partial charge in [0, 0.05) is 41.9 Å². The summed E-state index contributed by atoms with van der Waals surface area (Å²) in [5, 5.41) is 18.0. The van der Waals surface area contributed by atoms with Gasteiger partial charge in [0.1, 0.15) is 0 Å². The summed E-state index contributed by atoms with van der Waals surface area (Å²) in [5.74, 6) is 0.673. The Labute approximate surface area is 225 Å². The minimum Gasteiger partial charge on any atom is -0.379 e. The van der Waals surface area contributed by atoms with Gasteiger partial charge in [-0.2, -0.15) is 9.41 Å². The predicted octanol–water partition coefficient (Wildman–Crippen LogP) is 4.79. The molecule has 38 heavy (non-hydrogen) atoms. The van der Waals surface area contributed by atoms with Gasteiger partial charge < -0.3 is 4.74 Å². The summed E-state index contributed by atoms with van der Waals surface area (Å²) in [6.07, 6.45) is 4.00. The van der Waals surface area contributed by atoms with Gasteiger partial charge in [-0.05, 0) is 68.0 Å². The predicted molar refractivity (Wildman–Crippen MR) is 146 cm³/mol. The van der Waals surface area contributed by atoms with E-state index in [2.05, 4.69) is 6.92 Å². The molecule has 2 aromatic carbocycles. The van der Waals surface area contributed by atoms with E-state index >= 15 is 0 Å². The molecule has 0 radical (unpaired) electrons. The lowest BCUT2D eigenvalue weighted by Crippen LogP contribution is -2.40. The number of aromatic nitrogens is 1. The zero-order chi connectivity index (χ0) is 26.7. The Balaban J connectivity index is 1.50. The molecule has 0 N–H and O–H groups in total. The molecular weight excluding hydrogens is 526 g/mol. The van der Waals surface area contributed by atoms with Crippen LogP contribution in [-0.2, 0) is 14.8 Å². The van der Waals surface area contributed by atoms with Gasteiger partial charge in [-0.25, -0.2) is 18.1 Å². The van der Waals surface area contributed by atoms with E-state index in [4.69, 9.17) is 14.8 Å². The topological polar surface area (TPSA) is 119 Å². The van der Waals surface area contributed by atoms with Crippen molar-refractivity contribution in [2.45, 2.75) is 37.5 Å². The molecule has 200 valence electrons. The first kappa shape index (κ1) is 26.4. The van der Waals surface area contributed by atoms with E-state index < -0.39 is 14.9 Å². The summed E-state index contributed by atoms with van der Waals surface area (Å²) in [5.41, 5.74) is 3.32. The van der Waals surface area contributed by atoms with E-state index in [1.165, 1.54) is 27.8 Å². The molecule has 2 fully saturated rings. The first-order chi connectivity index (χ1) is 18.3. The van der Waals surface area contributed by atoms with Crippen LogP contribution in [-0.4, -0.2) is 54.3 Å². The van der Waals surface area contributed by atoms with Gasteiger partial charge in [0.2, 0.25) is 14.8 Å². The lowest BCUT2D eigenvalue weighted by atomic mass is 9.90. The van der Waals surface area contributed by atoms with E-state index in [0.717, 1.165) is 42.7 Å². The van der Waals surface area contributed by atoms with Crippen molar-refractivity contribution >= 4 is 38.4 Å². The Kier molecular flexibility index (Phi) is 7.84. The molecule has 0 bridgehead atoms. The van der Waals surface area contributed by atoms with Crippen molar-refractivity contribution in [1.82, 2.24) is 8.98 Å². The minimum absolute atomic E-state index is 0.0279. The first-order valence-electron chi connectivity index (χ1n) is 12.6. The third-order valence-electron chi connectivity index (χ3n) is 6.82. The molecule has 5 rings (SSSR count). The van der Waals surface area contributed by atoms with Crippen LogP contribution < -0.4 is 4.80 Å². The molecule has 2 aliphatic rings. The average molecular weight is 556 g/mol. The maximum absolute atomic E-state index is 13.0. The molecule has 0 spiro atoms. The van der Waals surface area contributed by atoms with Crippen LogP contribution in [0.4, 0.5) is 11.4 Å². The SMILES string of the molecule is CC1CCC(=Nn2c(-c3ccc([N+](=O)[O-])cc3)csc2=Nc2ccc(S(=O)(=O)N3CCOCC3)cc2)CC1. The Morgan fingerprint density at radius 3 is 2.32 bits per heavy atom. The Morgan fingerprint density at radius 1 is 1.03 bits per heavy atom. The van der Waals surface area contributed by atoms with Crippen LogP contribution in [0.3, 0.4) is 0 Å². The van der Waals surface area contributed by atoms with Gasteiger partial charge in [-0.1, -0.05) is 6.92 Å². The van der Waals surface area contributed by atoms with Crippen molar-refractivity contribution in [3.63, 3.8) is 0 Å². The Morgan fingerprint density at radius 2 is 1.68 bits per heavy atom. The average Bonchev–Trinajstić information content (AvgIpc) is 3.32. The van der Waals surface area contributed by atoms with Gasteiger partial charge in [-0.15, -0.1) is 11.3 Å². The van der Waals surface area contributed by atoms with Crippen molar-refractivity contribution in [3.8, 4) is 11.3 Å². The van der Waals surface area contributed by atoms with E-state index in [1.54, 1.807) is 41.1 Å². The minimum atomic E-state index is -3.59. The summed E-state index contributed by atoms with van der Waals surface area (Å²) in [6.45, 7) is 3.72. The first-order valence-corrected chi connectivity index (χ1v) is 14.9. The highest BCUT2D eigenvalue weighted by atomic mass is 32.2. The number of sulfonamides is 1. The van der Waals surface area contributed by atoms with Crippen molar-refractivity contribution in [3.05, 3.63) is 68.8 Å². The lowest BCUT2D eigenvalue weighted by molar-refractivity contribution is -0.384. The van der Waals surface area contributed by atoms with Crippen LogP contribution in [0.5, 0.6) is 0 Å². The molecule has 10 nitrogen and oxygen atoms in total. The van der Waals surface area contributed by atoms with Crippen molar-refractivity contribution in [1.29, 1.82) is 0 Å². The number of hydrogen-bond acceptors (Lipinski definition) is 8. The summed E-state index contributed by atoms with van der Waals surface area (Å²) in [4.78, 5) is 16.3. The maximum atomic E-state index is 13.0. The fraction of sp³-hybridized carbons (Fsp3) is 0.385. The smallest absolute Gasteiger partial charge is 0.269 e. The molecule has 1 aliphatic heterocycles. The largest absolute Gasteiger partial charge is 0.379 e. The normalized spacial score (nSPS) is 19.4. The number of benzene rings is 2. The number of nitro groups is 1. The van der Waals surface area contributed by atoms with E-state index in [0.29, 0.717) is 42.7 Å². The Hall–Kier alpha value is -3.19. The van der Waals surface area contributed by atoms with Crippen LogP contribution in [0, 0.1) is 16.0 Å². The highest BCUT2D eigenvalue weighted by molar-refractivity contribution is 7.89. The van der Waals surface area contributed by atoms with Crippen molar-refractivity contribution in [2.24, 2.45) is 16.0 Å². The molecule has 1 saturated heterocycles. The van der Waals surface area contributed by atoms with Gasteiger partial charge in [0.25, 0.3) is 5.69 Å². The molecule has 2 heterocycles. The highest BCUT2D eigenvalue weighted by Crippen LogP contribution is 2.26. The van der Waals surface area contributed by atoms with Crippen LogP contribution in [0.25, 0.3) is 11.3 Å². The van der Waals surface area contributed by atoms with Crippen LogP contribution in [0.2, 0.25) is 0 Å². The van der Waals surface area contributed by atoms with Crippen LogP contribution in [0.1, 0.15) is 32.6 Å². The molecular formula is C26H29N5O5S2. The zero-order valence-corrected chi connectivity index (χ0v) is 22.7. The third-order valence-corrected chi connectivity index (χ3v) is 9.55. The van der Waals surface area contributed by atoms with Gasteiger partial charge in [0.05, 0.1) is 34.4 Å². The monoisotopic (exact) mass is 555 g/mol. The van der Waals surface area contributed by atoms with Gasteiger partial charge >= 0.3 is 0 Å². The molecule has 12 heteroatoms. The summed E-state index contributed by atoms with van der Waals surface area (Å²) in [6, 6.07) is 12.9. The maximum Gasteiger partial charge on any atom is 0.269 e. The van der Waals surface area contributed by atoms with Crippen LogP contribution >= 0.6 is 11.3 Å². The number of nitro benzene ring substituents is 1. The number of hydrogen-bond donors (Lipinski definition) is 0.